The van der Waals surface area contributed by atoms with Crippen LogP contribution in [0.4, 0.5) is 0 Å². The zero-order valence-corrected chi connectivity index (χ0v) is 13.5. The number of carbonyl (C=O) groups excluding carboxylic acids is 1. The molecule has 0 spiro atoms. The molecular formula is C12H17ClO4S2. The van der Waals surface area contributed by atoms with Gasteiger partial charge in [0.2, 0.25) is 0 Å². The Labute approximate surface area is 122 Å². The quantitative estimate of drug-likeness (QED) is 0.592. The Morgan fingerprint density at radius 3 is 2.63 bits per heavy atom. The lowest BCUT2D eigenvalue weighted by atomic mass is 10.1. The molecule has 1 heterocycles. The first-order valence-corrected chi connectivity index (χ1v) is 9.16. The van der Waals surface area contributed by atoms with Crippen molar-refractivity contribution in [1.29, 1.82) is 0 Å². The van der Waals surface area contributed by atoms with Crippen molar-refractivity contribution in [1.82, 2.24) is 0 Å². The van der Waals surface area contributed by atoms with Crippen LogP contribution >= 0.6 is 22.0 Å². The lowest BCUT2D eigenvalue weighted by Gasteiger charge is -2.10. The van der Waals surface area contributed by atoms with Crippen molar-refractivity contribution in [3.63, 3.8) is 0 Å². The molecule has 7 heteroatoms. The van der Waals surface area contributed by atoms with Crippen molar-refractivity contribution in [2.45, 2.75) is 37.8 Å². The van der Waals surface area contributed by atoms with E-state index in [9.17, 15) is 13.2 Å². The molecule has 0 aliphatic rings. The number of carbonyl (C=O) groups is 1. The predicted molar refractivity (Wildman–Crippen MR) is 76.4 cm³/mol. The monoisotopic (exact) mass is 324 g/mol. The number of hydrogen-bond donors (Lipinski definition) is 0. The Balaban J connectivity index is 2.77. The average molecular weight is 325 g/mol. The van der Waals surface area contributed by atoms with E-state index < -0.39 is 15.0 Å². The maximum atomic E-state index is 11.9. The van der Waals surface area contributed by atoms with Crippen LogP contribution in [0.25, 0.3) is 0 Å². The van der Waals surface area contributed by atoms with Crippen LogP contribution in [0, 0.1) is 12.8 Å². The fourth-order valence-corrected chi connectivity index (χ4v) is 4.25. The molecule has 1 aromatic heterocycles. The summed E-state index contributed by atoms with van der Waals surface area (Å²) in [4.78, 5) is 11.9. The molecule has 19 heavy (non-hydrogen) atoms. The van der Waals surface area contributed by atoms with E-state index >= 15 is 0 Å². The second-order valence-electron chi connectivity index (χ2n) is 4.49. The summed E-state index contributed by atoms with van der Waals surface area (Å²) in [5.41, 5.74) is 0.626. The minimum atomic E-state index is -3.80. The summed E-state index contributed by atoms with van der Waals surface area (Å²) >= 11 is 0.935. The summed E-state index contributed by atoms with van der Waals surface area (Å²) in [6, 6.07) is 0. The fraction of sp³-hybridized carbons (Fsp3) is 0.583. The first-order valence-electron chi connectivity index (χ1n) is 5.97. The van der Waals surface area contributed by atoms with Crippen molar-refractivity contribution in [2.75, 3.05) is 6.61 Å². The SMILES string of the molecule is CCCC(C)COC(=O)c1csc(S(=O)(=O)Cl)c1C. The minimum absolute atomic E-state index is 0.00252. The van der Waals surface area contributed by atoms with E-state index in [4.69, 9.17) is 15.4 Å². The van der Waals surface area contributed by atoms with Crippen molar-refractivity contribution in [3.05, 3.63) is 16.5 Å². The minimum Gasteiger partial charge on any atom is -0.462 e. The summed E-state index contributed by atoms with van der Waals surface area (Å²) in [5.74, 6) is -0.201. The molecule has 1 aromatic rings. The molecule has 1 rings (SSSR count). The first-order chi connectivity index (χ1) is 8.77. The van der Waals surface area contributed by atoms with E-state index in [2.05, 4.69) is 6.92 Å². The van der Waals surface area contributed by atoms with Crippen LogP contribution < -0.4 is 0 Å². The predicted octanol–water partition coefficient (Wildman–Crippen LogP) is 3.58. The lowest BCUT2D eigenvalue weighted by Crippen LogP contribution is -2.12. The van der Waals surface area contributed by atoms with E-state index in [1.807, 2.05) is 6.92 Å². The largest absolute Gasteiger partial charge is 0.462 e. The molecule has 1 unspecified atom stereocenters. The highest BCUT2D eigenvalue weighted by Crippen LogP contribution is 2.29. The number of esters is 1. The van der Waals surface area contributed by atoms with Gasteiger partial charge in [-0.3, -0.25) is 0 Å². The molecule has 0 radical (unpaired) electrons. The van der Waals surface area contributed by atoms with Gasteiger partial charge in [-0.25, -0.2) is 13.2 Å². The number of thiophene rings is 1. The van der Waals surface area contributed by atoms with Gasteiger partial charge in [-0.15, -0.1) is 11.3 Å². The Morgan fingerprint density at radius 2 is 2.16 bits per heavy atom. The van der Waals surface area contributed by atoms with Gasteiger partial charge in [-0.1, -0.05) is 20.3 Å². The number of rotatable bonds is 6. The van der Waals surface area contributed by atoms with Crippen LogP contribution in [0.2, 0.25) is 0 Å². The molecular weight excluding hydrogens is 308 g/mol. The first kappa shape index (κ1) is 16.5. The summed E-state index contributed by atoms with van der Waals surface area (Å²) in [6.45, 7) is 5.97. The van der Waals surface area contributed by atoms with Gasteiger partial charge in [0.05, 0.1) is 12.2 Å². The van der Waals surface area contributed by atoms with Gasteiger partial charge in [0, 0.05) is 16.1 Å². The van der Waals surface area contributed by atoms with E-state index in [0.717, 1.165) is 24.2 Å². The molecule has 0 aliphatic heterocycles. The van der Waals surface area contributed by atoms with Crippen molar-refractivity contribution >= 4 is 37.0 Å². The van der Waals surface area contributed by atoms with Crippen molar-refractivity contribution < 1.29 is 17.9 Å². The average Bonchev–Trinajstić information content (AvgIpc) is 2.68. The Bertz CT molecular complexity index is 548. The number of ether oxygens (including phenoxy) is 1. The molecule has 0 fully saturated rings. The second kappa shape index (κ2) is 6.72. The molecule has 0 aliphatic carbocycles. The molecule has 1 atom stereocenters. The van der Waals surface area contributed by atoms with Crippen LogP contribution in [-0.2, 0) is 13.8 Å². The van der Waals surface area contributed by atoms with Crippen LogP contribution in [0.3, 0.4) is 0 Å². The molecule has 0 saturated carbocycles. The number of halogens is 1. The summed E-state index contributed by atoms with van der Waals surface area (Å²) in [6.07, 6.45) is 2.02. The van der Waals surface area contributed by atoms with Gasteiger partial charge in [0.15, 0.2) is 0 Å². The summed E-state index contributed by atoms with van der Waals surface area (Å²) in [5, 5.41) is 1.47. The van der Waals surface area contributed by atoms with E-state index in [0.29, 0.717) is 18.1 Å². The Hall–Kier alpha value is -0.590. The van der Waals surface area contributed by atoms with Gasteiger partial charge in [0.25, 0.3) is 9.05 Å². The third-order valence-corrected chi connectivity index (χ3v) is 6.02. The molecule has 0 amide bonds. The van der Waals surface area contributed by atoms with E-state index in [-0.39, 0.29) is 9.77 Å². The zero-order valence-electron chi connectivity index (χ0n) is 11.1. The normalized spacial score (nSPS) is 13.3. The topological polar surface area (TPSA) is 60.4 Å². The fourth-order valence-electron chi connectivity index (χ4n) is 1.71. The lowest BCUT2D eigenvalue weighted by molar-refractivity contribution is 0.0443. The third kappa shape index (κ3) is 4.47. The highest BCUT2D eigenvalue weighted by Gasteiger charge is 2.23. The van der Waals surface area contributed by atoms with Gasteiger partial charge in [0.1, 0.15) is 4.21 Å². The molecule has 0 saturated heterocycles. The molecule has 0 N–H and O–H groups in total. The van der Waals surface area contributed by atoms with Crippen molar-refractivity contribution in [3.8, 4) is 0 Å². The van der Waals surface area contributed by atoms with Crippen molar-refractivity contribution in [2.24, 2.45) is 5.92 Å². The van der Waals surface area contributed by atoms with Gasteiger partial charge < -0.3 is 4.74 Å². The van der Waals surface area contributed by atoms with Crippen LogP contribution in [0.15, 0.2) is 9.59 Å². The summed E-state index contributed by atoms with van der Waals surface area (Å²) in [7, 11) is 1.48. The number of hydrogen-bond acceptors (Lipinski definition) is 5. The smallest absolute Gasteiger partial charge is 0.339 e. The standard InChI is InChI=1S/C12H17ClO4S2/c1-4-5-8(2)6-17-11(14)10-7-18-12(9(10)3)19(13,15)16/h7-8H,4-6H2,1-3H3. The molecule has 0 aromatic carbocycles. The van der Waals surface area contributed by atoms with E-state index in [1.54, 1.807) is 6.92 Å². The molecule has 0 bridgehead atoms. The van der Waals surface area contributed by atoms with Crippen LogP contribution in [0.1, 0.15) is 42.6 Å². The third-order valence-electron chi connectivity index (χ3n) is 2.72. The van der Waals surface area contributed by atoms with Gasteiger partial charge >= 0.3 is 5.97 Å². The maximum Gasteiger partial charge on any atom is 0.339 e. The second-order valence-corrected chi connectivity index (χ2v) is 8.13. The van der Waals surface area contributed by atoms with Crippen LogP contribution in [0.5, 0.6) is 0 Å². The van der Waals surface area contributed by atoms with Crippen LogP contribution in [-0.4, -0.2) is 21.0 Å². The van der Waals surface area contributed by atoms with E-state index in [1.165, 1.54) is 5.38 Å². The Morgan fingerprint density at radius 1 is 1.53 bits per heavy atom. The summed E-state index contributed by atoms with van der Waals surface area (Å²) < 4.78 is 27.7. The highest BCUT2D eigenvalue weighted by atomic mass is 35.7. The molecule has 108 valence electrons. The Kier molecular flexibility index (Phi) is 5.82. The maximum absolute atomic E-state index is 11.9. The van der Waals surface area contributed by atoms with Gasteiger partial charge in [-0.2, -0.15) is 0 Å². The molecule has 4 nitrogen and oxygen atoms in total. The van der Waals surface area contributed by atoms with Gasteiger partial charge in [-0.05, 0) is 24.8 Å². The highest BCUT2D eigenvalue weighted by molar-refractivity contribution is 8.15. The zero-order chi connectivity index (χ0) is 14.6.